The van der Waals surface area contributed by atoms with Crippen molar-refractivity contribution in [2.24, 2.45) is 0 Å². The Bertz CT molecular complexity index is 714. The molecule has 0 atom stereocenters. The van der Waals surface area contributed by atoms with Gasteiger partial charge in [-0.05, 0) is 30.3 Å². The van der Waals surface area contributed by atoms with Crippen molar-refractivity contribution >= 4 is 28.0 Å². The molecule has 0 heterocycles. The monoisotopic (exact) mass is 354 g/mol. The highest BCUT2D eigenvalue weighted by molar-refractivity contribution is 9.10. The Balaban J connectivity index is 2.41. The number of carboxylic acid groups (broad SMARTS) is 1. The maximum absolute atomic E-state index is 13.8. The summed E-state index contributed by atoms with van der Waals surface area (Å²) in [5, 5.41) is 8.61. The molecule has 0 aliphatic heterocycles. The van der Waals surface area contributed by atoms with E-state index >= 15 is 0 Å². The van der Waals surface area contributed by atoms with Crippen molar-refractivity contribution in [1.82, 2.24) is 0 Å². The van der Waals surface area contributed by atoms with Gasteiger partial charge in [-0.1, -0.05) is 28.1 Å². The first-order valence-electron chi connectivity index (χ1n) is 5.80. The summed E-state index contributed by atoms with van der Waals surface area (Å²) in [5.74, 6) is -2.96. The number of benzene rings is 2. The minimum atomic E-state index is -1.18. The van der Waals surface area contributed by atoms with Gasteiger partial charge in [0.2, 0.25) is 0 Å². The SMILES string of the molecule is O=C(O)/C=C/c1cccc(F)c1Oc1ccc(Br)cc1F. The van der Waals surface area contributed by atoms with Gasteiger partial charge in [-0.15, -0.1) is 0 Å². The fourth-order valence-corrected chi connectivity index (χ4v) is 1.93. The van der Waals surface area contributed by atoms with Gasteiger partial charge < -0.3 is 9.84 Å². The topological polar surface area (TPSA) is 46.5 Å². The van der Waals surface area contributed by atoms with Crippen LogP contribution in [0.15, 0.2) is 46.9 Å². The third-order valence-corrected chi connectivity index (χ3v) is 3.00. The molecule has 21 heavy (non-hydrogen) atoms. The van der Waals surface area contributed by atoms with Crippen LogP contribution in [0, 0.1) is 11.6 Å². The van der Waals surface area contributed by atoms with Gasteiger partial charge in [-0.2, -0.15) is 0 Å². The van der Waals surface area contributed by atoms with Gasteiger partial charge in [-0.25, -0.2) is 13.6 Å². The van der Waals surface area contributed by atoms with Gasteiger partial charge in [-0.3, -0.25) is 0 Å². The van der Waals surface area contributed by atoms with Gasteiger partial charge in [0.25, 0.3) is 0 Å². The van der Waals surface area contributed by atoms with E-state index < -0.39 is 17.6 Å². The maximum Gasteiger partial charge on any atom is 0.328 e. The minimum absolute atomic E-state index is 0.159. The van der Waals surface area contributed by atoms with Crippen LogP contribution in [-0.4, -0.2) is 11.1 Å². The second-order valence-electron chi connectivity index (χ2n) is 4.01. The van der Waals surface area contributed by atoms with Gasteiger partial charge in [0.05, 0.1) is 0 Å². The second kappa shape index (κ2) is 6.49. The van der Waals surface area contributed by atoms with E-state index in [1.807, 2.05) is 0 Å². The van der Waals surface area contributed by atoms with E-state index in [9.17, 15) is 13.6 Å². The molecule has 3 nitrogen and oxygen atoms in total. The third-order valence-electron chi connectivity index (χ3n) is 2.51. The molecule has 0 spiro atoms. The average Bonchev–Trinajstić information content (AvgIpc) is 2.42. The summed E-state index contributed by atoms with van der Waals surface area (Å²) in [4.78, 5) is 10.5. The Hall–Kier alpha value is -2.21. The fraction of sp³-hybridized carbons (Fsp3) is 0. The second-order valence-corrected chi connectivity index (χ2v) is 4.92. The lowest BCUT2D eigenvalue weighted by Crippen LogP contribution is -1.94. The van der Waals surface area contributed by atoms with Crippen molar-refractivity contribution in [2.75, 3.05) is 0 Å². The number of carbonyl (C=O) groups is 1. The van der Waals surface area contributed by atoms with Crippen LogP contribution in [0.4, 0.5) is 8.78 Å². The molecule has 2 aromatic rings. The highest BCUT2D eigenvalue weighted by Gasteiger charge is 2.12. The van der Waals surface area contributed by atoms with Gasteiger partial charge in [0.15, 0.2) is 23.1 Å². The largest absolute Gasteiger partial charge is 0.478 e. The number of ether oxygens (including phenoxy) is 1. The van der Waals surface area contributed by atoms with Gasteiger partial charge in [0, 0.05) is 16.1 Å². The molecule has 2 rings (SSSR count). The first-order valence-corrected chi connectivity index (χ1v) is 6.59. The molecule has 0 radical (unpaired) electrons. The highest BCUT2D eigenvalue weighted by atomic mass is 79.9. The number of rotatable bonds is 4. The zero-order valence-electron chi connectivity index (χ0n) is 10.5. The maximum atomic E-state index is 13.8. The molecule has 2 aromatic carbocycles. The van der Waals surface area contributed by atoms with Crippen molar-refractivity contribution in [3.63, 3.8) is 0 Å². The lowest BCUT2D eigenvalue weighted by Gasteiger charge is -2.10. The van der Waals surface area contributed by atoms with Crippen molar-refractivity contribution in [2.45, 2.75) is 0 Å². The minimum Gasteiger partial charge on any atom is -0.478 e. The summed E-state index contributed by atoms with van der Waals surface area (Å²) in [6, 6.07) is 8.09. The van der Waals surface area contributed by atoms with Crippen molar-refractivity contribution in [1.29, 1.82) is 0 Å². The van der Waals surface area contributed by atoms with Crippen LogP contribution in [0.25, 0.3) is 6.08 Å². The summed E-state index contributed by atoms with van der Waals surface area (Å²) < 4.78 is 33.3. The molecule has 0 fully saturated rings. The quantitative estimate of drug-likeness (QED) is 0.815. The summed E-state index contributed by atoms with van der Waals surface area (Å²) in [7, 11) is 0. The van der Waals surface area contributed by atoms with Crippen LogP contribution in [0.3, 0.4) is 0 Å². The normalized spacial score (nSPS) is 10.8. The molecule has 0 saturated heterocycles. The molecule has 6 heteroatoms. The predicted molar refractivity (Wildman–Crippen MR) is 77.2 cm³/mol. The van der Waals surface area contributed by atoms with E-state index in [0.29, 0.717) is 4.47 Å². The molecule has 108 valence electrons. The lowest BCUT2D eigenvalue weighted by atomic mass is 10.1. The Morgan fingerprint density at radius 1 is 1.19 bits per heavy atom. The molecule has 0 bridgehead atoms. The zero-order valence-corrected chi connectivity index (χ0v) is 12.1. The smallest absolute Gasteiger partial charge is 0.328 e. The van der Waals surface area contributed by atoms with E-state index in [4.69, 9.17) is 9.84 Å². The molecule has 0 aliphatic rings. The molecule has 0 saturated carbocycles. The van der Waals surface area contributed by atoms with Crippen LogP contribution in [0.1, 0.15) is 5.56 Å². The average molecular weight is 355 g/mol. The van der Waals surface area contributed by atoms with Crippen LogP contribution in [0.5, 0.6) is 11.5 Å². The standard InChI is InChI=1S/C15H9BrF2O3/c16-10-5-6-13(12(18)8-10)21-15-9(4-7-14(19)20)2-1-3-11(15)17/h1-8H,(H,19,20)/b7-4+. The lowest BCUT2D eigenvalue weighted by molar-refractivity contribution is -0.131. The first kappa shape index (κ1) is 15.2. The van der Waals surface area contributed by atoms with Crippen LogP contribution >= 0.6 is 15.9 Å². The van der Waals surface area contributed by atoms with Gasteiger partial charge in [0.1, 0.15) is 0 Å². The van der Waals surface area contributed by atoms with E-state index in [0.717, 1.165) is 12.1 Å². The molecular weight excluding hydrogens is 346 g/mol. The van der Waals surface area contributed by atoms with Crippen molar-refractivity contribution in [3.05, 3.63) is 64.1 Å². The van der Waals surface area contributed by atoms with E-state index in [-0.39, 0.29) is 17.1 Å². The Morgan fingerprint density at radius 3 is 2.62 bits per heavy atom. The van der Waals surface area contributed by atoms with Gasteiger partial charge >= 0.3 is 5.97 Å². The third kappa shape index (κ3) is 3.88. The zero-order chi connectivity index (χ0) is 15.4. The summed E-state index contributed by atoms with van der Waals surface area (Å²) in [5.41, 5.74) is 0.194. The Morgan fingerprint density at radius 2 is 1.95 bits per heavy atom. The number of para-hydroxylation sites is 1. The Labute approximate surface area is 127 Å². The molecule has 0 aromatic heterocycles. The van der Waals surface area contributed by atoms with Crippen LogP contribution < -0.4 is 4.74 Å². The first-order chi connectivity index (χ1) is 9.97. The molecule has 0 unspecified atom stereocenters. The predicted octanol–water partition coefficient (Wildman–Crippen LogP) is 4.62. The van der Waals surface area contributed by atoms with E-state index in [2.05, 4.69) is 15.9 Å². The number of hydrogen-bond acceptors (Lipinski definition) is 2. The highest BCUT2D eigenvalue weighted by Crippen LogP contribution is 2.32. The number of hydrogen-bond donors (Lipinski definition) is 1. The molecule has 1 N–H and O–H groups in total. The van der Waals surface area contributed by atoms with Crippen molar-refractivity contribution < 1.29 is 23.4 Å². The molecule has 0 aliphatic carbocycles. The Kier molecular flexibility index (Phi) is 4.70. The molecule has 0 amide bonds. The summed E-state index contributed by atoms with van der Waals surface area (Å²) >= 11 is 3.11. The van der Waals surface area contributed by atoms with Crippen molar-refractivity contribution in [3.8, 4) is 11.5 Å². The summed E-state index contributed by atoms with van der Waals surface area (Å²) in [6.45, 7) is 0. The van der Waals surface area contributed by atoms with E-state index in [1.165, 1.54) is 30.3 Å². The number of halogens is 3. The number of carboxylic acids is 1. The van der Waals surface area contributed by atoms with Crippen LogP contribution in [0.2, 0.25) is 0 Å². The fourth-order valence-electron chi connectivity index (χ4n) is 1.59. The molecular formula is C15H9BrF2O3. The number of aliphatic carboxylic acids is 1. The van der Waals surface area contributed by atoms with Crippen LogP contribution in [-0.2, 0) is 4.79 Å². The van der Waals surface area contributed by atoms with E-state index in [1.54, 1.807) is 6.07 Å². The summed E-state index contributed by atoms with van der Waals surface area (Å²) in [6.07, 6.45) is 2.02.